The predicted octanol–water partition coefficient (Wildman–Crippen LogP) is 3.33. The lowest BCUT2D eigenvalue weighted by molar-refractivity contribution is -0.138. The van der Waals surface area contributed by atoms with E-state index < -0.39 is 12.0 Å². The quantitative estimate of drug-likeness (QED) is 0.254. The minimum atomic E-state index is -2.59. The van der Waals surface area contributed by atoms with Crippen LogP contribution in [0.2, 0.25) is 6.04 Å². The minimum absolute atomic E-state index is 0.147. The lowest BCUT2D eigenvalue weighted by Gasteiger charge is -2.07. The Morgan fingerprint density at radius 3 is 2.31 bits per heavy atom. The summed E-state index contributed by atoms with van der Waals surface area (Å²) in [7, 11) is 0. The van der Waals surface area contributed by atoms with Gasteiger partial charge in [-0.1, -0.05) is 18.2 Å². The van der Waals surface area contributed by atoms with E-state index in [0.717, 1.165) is 0 Å². The maximum atomic E-state index is 10.7. The molecule has 0 radical (unpaired) electrons. The third-order valence-corrected chi connectivity index (χ3v) is 3.83. The summed E-state index contributed by atoms with van der Waals surface area (Å²) in [6, 6.07) is -2.13. The van der Waals surface area contributed by atoms with Crippen LogP contribution in [0.5, 0.6) is 0 Å². The zero-order valence-corrected chi connectivity index (χ0v) is 10.7. The van der Waals surface area contributed by atoms with Crippen LogP contribution in [-0.4, -0.2) is 18.6 Å². The van der Waals surface area contributed by atoms with Crippen molar-refractivity contribution in [2.24, 2.45) is 0 Å². The van der Waals surface area contributed by atoms with Crippen LogP contribution in [0.3, 0.4) is 0 Å². The Balaban J connectivity index is 3.47. The molecule has 0 N–H and O–H groups in total. The molecule has 0 aliphatic rings. The van der Waals surface area contributed by atoms with Gasteiger partial charge in [-0.2, -0.15) is 0 Å². The highest BCUT2D eigenvalue weighted by atomic mass is 35.8. The Labute approximate surface area is 96.9 Å². The zero-order chi connectivity index (χ0) is 10.5. The Morgan fingerprint density at radius 2 is 1.92 bits per heavy atom. The number of ether oxygens (including phenoxy) is 1. The monoisotopic (exact) mass is 280 g/mol. The SMILES string of the molecule is C=C(Cl)C(=O)OCCC[Si](Cl)(Cl)Cl. The second kappa shape index (κ2) is 6.14. The van der Waals surface area contributed by atoms with Crippen molar-refractivity contribution < 1.29 is 9.53 Å². The van der Waals surface area contributed by atoms with Gasteiger partial charge in [-0.3, -0.25) is 0 Å². The van der Waals surface area contributed by atoms with Gasteiger partial charge in [0.2, 0.25) is 0 Å². The molecule has 13 heavy (non-hydrogen) atoms. The van der Waals surface area contributed by atoms with Crippen molar-refractivity contribution in [3.8, 4) is 0 Å². The van der Waals surface area contributed by atoms with Crippen LogP contribution in [0.4, 0.5) is 0 Å². The molecule has 0 atom stereocenters. The molecule has 0 amide bonds. The van der Waals surface area contributed by atoms with Gasteiger partial charge in [0.1, 0.15) is 5.03 Å². The van der Waals surface area contributed by atoms with Gasteiger partial charge in [0.05, 0.1) is 6.61 Å². The van der Waals surface area contributed by atoms with E-state index in [0.29, 0.717) is 12.5 Å². The third kappa shape index (κ3) is 8.90. The summed E-state index contributed by atoms with van der Waals surface area (Å²) in [5, 5.41) is -0.147. The van der Waals surface area contributed by atoms with E-state index in [1.165, 1.54) is 0 Å². The van der Waals surface area contributed by atoms with Crippen molar-refractivity contribution in [3.05, 3.63) is 11.6 Å². The molecule has 0 aromatic rings. The van der Waals surface area contributed by atoms with Crippen molar-refractivity contribution in [2.45, 2.75) is 12.5 Å². The van der Waals surface area contributed by atoms with Gasteiger partial charge >= 0.3 is 12.0 Å². The van der Waals surface area contributed by atoms with Gasteiger partial charge in [-0.05, 0) is 12.5 Å². The van der Waals surface area contributed by atoms with Crippen molar-refractivity contribution in [3.63, 3.8) is 0 Å². The van der Waals surface area contributed by atoms with Crippen molar-refractivity contribution in [1.29, 1.82) is 0 Å². The highest BCUT2D eigenvalue weighted by molar-refractivity contribution is 7.64. The molecule has 0 aromatic carbocycles. The fourth-order valence-corrected chi connectivity index (χ4v) is 2.32. The summed E-state index contributed by atoms with van der Waals surface area (Å²) >= 11 is 22.0. The molecule has 0 unspecified atom stereocenters. The summed E-state index contributed by atoms with van der Waals surface area (Å²) in [5.41, 5.74) is 0. The number of esters is 1. The Hall–Kier alpha value is 0.587. The van der Waals surface area contributed by atoms with Crippen LogP contribution in [0.15, 0.2) is 11.6 Å². The van der Waals surface area contributed by atoms with E-state index in [1.54, 1.807) is 0 Å². The number of carbonyl (C=O) groups excluding carboxylic acids is 1. The first-order chi connectivity index (χ1) is 5.83. The highest BCUT2D eigenvalue weighted by Crippen LogP contribution is 2.26. The number of hydrogen-bond donors (Lipinski definition) is 0. The zero-order valence-electron chi connectivity index (χ0n) is 6.66. The molecule has 0 aliphatic heterocycles. The van der Waals surface area contributed by atoms with Gasteiger partial charge in [0, 0.05) is 0 Å². The summed E-state index contributed by atoms with van der Waals surface area (Å²) in [4.78, 5) is 10.7. The number of carbonyl (C=O) groups is 1. The standard InChI is InChI=1S/C6H8Cl4O2Si/c1-5(7)6(11)12-3-2-4-13(8,9)10/h1-4H2. The second-order valence-electron chi connectivity index (χ2n) is 2.26. The summed E-state index contributed by atoms with van der Waals surface area (Å²) < 4.78 is 4.67. The Bertz CT molecular complexity index is 201. The molecule has 0 saturated carbocycles. The van der Waals surface area contributed by atoms with E-state index in [4.69, 9.17) is 44.8 Å². The molecular weight excluding hydrogens is 274 g/mol. The summed E-state index contributed by atoms with van der Waals surface area (Å²) in [6.07, 6.45) is 0.526. The lowest BCUT2D eigenvalue weighted by Crippen LogP contribution is -2.11. The normalized spacial score (nSPS) is 11.1. The topological polar surface area (TPSA) is 26.3 Å². The molecule has 7 heteroatoms. The van der Waals surface area contributed by atoms with Crippen LogP contribution in [0.1, 0.15) is 6.42 Å². The molecule has 0 rings (SSSR count). The van der Waals surface area contributed by atoms with Gasteiger partial charge in [-0.25, -0.2) is 4.79 Å². The van der Waals surface area contributed by atoms with Crippen LogP contribution in [0, 0.1) is 0 Å². The van der Waals surface area contributed by atoms with E-state index in [2.05, 4.69) is 11.3 Å². The largest absolute Gasteiger partial charge is 0.461 e. The maximum absolute atomic E-state index is 10.7. The Kier molecular flexibility index (Phi) is 6.42. The van der Waals surface area contributed by atoms with E-state index >= 15 is 0 Å². The third-order valence-electron chi connectivity index (χ3n) is 1.06. The summed E-state index contributed by atoms with van der Waals surface area (Å²) in [5.74, 6) is -0.632. The van der Waals surface area contributed by atoms with Gasteiger partial charge in [0.15, 0.2) is 0 Å². The smallest absolute Gasteiger partial charge is 0.349 e. The Morgan fingerprint density at radius 1 is 1.38 bits per heavy atom. The molecular formula is C6H8Cl4O2Si. The second-order valence-corrected chi connectivity index (χ2v) is 12.0. The maximum Gasteiger partial charge on any atom is 0.349 e. The average molecular weight is 282 g/mol. The first-order valence-corrected chi connectivity index (χ1v) is 9.03. The fourth-order valence-electron chi connectivity index (χ4n) is 0.516. The van der Waals surface area contributed by atoms with E-state index in [1.807, 2.05) is 0 Å². The van der Waals surface area contributed by atoms with E-state index in [-0.39, 0.29) is 11.6 Å². The lowest BCUT2D eigenvalue weighted by atomic mass is 10.5. The van der Waals surface area contributed by atoms with Crippen molar-refractivity contribution in [1.82, 2.24) is 0 Å². The summed E-state index contributed by atoms with van der Waals surface area (Å²) in [6.45, 7) is 3.40. The number of hydrogen-bond acceptors (Lipinski definition) is 2. The molecule has 0 saturated heterocycles. The molecule has 2 nitrogen and oxygen atoms in total. The molecule has 0 aliphatic carbocycles. The van der Waals surface area contributed by atoms with Crippen LogP contribution < -0.4 is 0 Å². The van der Waals surface area contributed by atoms with Gasteiger partial charge < -0.3 is 4.74 Å². The van der Waals surface area contributed by atoms with Crippen LogP contribution in [0.25, 0.3) is 0 Å². The number of rotatable bonds is 5. The van der Waals surface area contributed by atoms with Crippen LogP contribution >= 0.6 is 44.8 Å². The predicted molar refractivity (Wildman–Crippen MR) is 58.7 cm³/mol. The number of halogens is 4. The molecule has 76 valence electrons. The minimum Gasteiger partial charge on any atom is -0.461 e. The molecule has 0 heterocycles. The first kappa shape index (κ1) is 13.6. The molecule has 0 spiro atoms. The highest BCUT2D eigenvalue weighted by Gasteiger charge is 2.24. The average Bonchev–Trinajstić information content (AvgIpc) is 1.95. The van der Waals surface area contributed by atoms with Gasteiger partial charge in [0.25, 0.3) is 0 Å². The van der Waals surface area contributed by atoms with Gasteiger partial charge in [-0.15, -0.1) is 33.2 Å². The molecule has 0 aromatic heterocycles. The fraction of sp³-hybridized carbons (Fsp3) is 0.500. The van der Waals surface area contributed by atoms with Crippen molar-refractivity contribution in [2.75, 3.05) is 6.61 Å². The molecule has 0 bridgehead atoms. The first-order valence-electron chi connectivity index (χ1n) is 3.41. The molecule has 0 fully saturated rings. The van der Waals surface area contributed by atoms with Crippen LogP contribution in [-0.2, 0) is 9.53 Å². The van der Waals surface area contributed by atoms with Crippen molar-refractivity contribution >= 4 is 56.8 Å². The van der Waals surface area contributed by atoms with E-state index in [9.17, 15) is 4.79 Å².